The van der Waals surface area contributed by atoms with Crippen molar-refractivity contribution in [3.63, 3.8) is 0 Å². The fourth-order valence-corrected chi connectivity index (χ4v) is 4.37. The number of H-pyrrole nitrogens is 1. The maximum absolute atomic E-state index is 14.5. The predicted octanol–water partition coefficient (Wildman–Crippen LogP) is 2.38. The number of thioether (sulfide) groups is 1. The van der Waals surface area contributed by atoms with E-state index >= 15 is 0 Å². The molecule has 0 atom stereocenters. The number of halogens is 2. The number of hydrogen-bond acceptors (Lipinski definition) is 4. The van der Waals surface area contributed by atoms with Gasteiger partial charge in [0, 0.05) is 31.6 Å². The van der Waals surface area contributed by atoms with Crippen LogP contribution in [0.1, 0.15) is 11.3 Å². The number of aromatic nitrogens is 5. The first-order valence-corrected chi connectivity index (χ1v) is 10.4. The zero-order valence-corrected chi connectivity index (χ0v) is 17.8. The number of pyridine rings is 1. The van der Waals surface area contributed by atoms with Crippen LogP contribution in [0.4, 0.5) is 4.39 Å². The molecule has 0 fully saturated rings. The number of nitrogens with one attached hydrogen (secondary N) is 1. The number of hydrogen-bond donors (Lipinski definition) is 1. The van der Waals surface area contributed by atoms with Crippen LogP contribution in [0.2, 0.25) is 5.02 Å². The Hall–Kier alpha value is -2.91. The van der Waals surface area contributed by atoms with Crippen LogP contribution in [0, 0.1) is 5.82 Å². The Labute approximate surface area is 179 Å². The smallest absolute Gasteiger partial charge is 0.264 e. The van der Waals surface area contributed by atoms with Crippen LogP contribution in [0.15, 0.2) is 57.3 Å². The van der Waals surface area contributed by atoms with Crippen molar-refractivity contribution in [1.29, 1.82) is 0 Å². The predicted molar refractivity (Wildman–Crippen MR) is 113 cm³/mol. The van der Waals surface area contributed by atoms with Gasteiger partial charge in [-0.1, -0.05) is 23.7 Å². The van der Waals surface area contributed by atoms with E-state index in [0.29, 0.717) is 16.6 Å². The lowest BCUT2D eigenvalue weighted by Gasteiger charge is -2.06. The van der Waals surface area contributed by atoms with Crippen LogP contribution in [-0.2, 0) is 26.4 Å². The summed E-state index contributed by atoms with van der Waals surface area (Å²) in [7, 11) is 2.99. The Morgan fingerprint density at radius 3 is 2.67 bits per heavy atom. The molecule has 0 amide bonds. The highest BCUT2D eigenvalue weighted by Gasteiger charge is 2.27. The second-order valence-electron chi connectivity index (χ2n) is 6.73. The van der Waals surface area contributed by atoms with E-state index in [1.54, 1.807) is 23.9 Å². The Bertz CT molecular complexity index is 1340. The van der Waals surface area contributed by atoms with Crippen LogP contribution < -0.4 is 15.8 Å². The number of aryl methyl sites for hydroxylation is 1. The lowest BCUT2D eigenvalue weighted by Crippen LogP contribution is -2.44. The van der Waals surface area contributed by atoms with Crippen molar-refractivity contribution in [2.24, 2.45) is 14.1 Å². The van der Waals surface area contributed by atoms with Gasteiger partial charge in [-0.25, -0.2) is 18.7 Å². The van der Waals surface area contributed by atoms with Gasteiger partial charge in [-0.05, 0) is 36.0 Å². The molecule has 3 heterocycles. The van der Waals surface area contributed by atoms with Crippen LogP contribution in [0.5, 0.6) is 0 Å². The van der Waals surface area contributed by atoms with Crippen molar-refractivity contribution in [1.82, 2.24) is 19.1 Å². The van der Waals surface area contributed by atoms with Crippen LogP contribution in [-0.4, -0.2) is 19.1 Å². The average Bonchev–Trinajstić information content (AvgIpc) is 3.11. The van der Waals surface area contributed by atoms with Gasteiger partial charge in [0.05, 0.1) is 10.7 Å². The van der Waals surface area contributed by atoms with Gasteiger partial charge in [-0.2, -0.15) is 0 Å². The standard InChI is InChI=1S/C20H17ClFN5O2S/c1-25-17-16(18(28)26(2)20(25)29)27(10-13-14(21)7-5-8-15(13)22)19(24-17)30-11-12-6-3-4-9-23-12/h3-9H,10-11H2,1-2H3/p+1. The summed E-state index contributed by atoms with van der Waals surface area (Å²) in [6, 6.07) is 10.1. The summed E-state index contributed by atoms with van der Waals surface area (Å²) in [5.41, 5.74) is 0.813. The first kappa shape index (κ1) is 20.4. The highest BCUT2D eigenvalue weighted by Crippen LogP contribution is 2.23. The normalized spacial score (nSPS) is 11.3. The molecule has 0 saturated carbocycles. The minimum absolute atomic E-state index is 0.0313. The molecule has 154 valence electrons. The van der Waals surface area contributed by atoms with E-state index in [0.717, 1.165) is 10.3 Å². The third kappa shape index (κ3) is 3.54. The van der Waals surface area contributed by atoms with E-state index in [-0.39, 0.29) is 22.6 Å². The van der Waals surface area contributed by atoms with E-state index < -0.39 is 17.1 Å². The first-order valence-electron chi connectivity index (χ1n) is 9.05. The number of fused-ring (bicyclic) bond motifs is 1. The van der Waals surface area contributed by atoms with Gasteiger partial charge in [0.2, 0.25) is 0 Å². The molecule has 0 bridgehead atoms. The number of nitrogens with zero attached hydrogens (tertiary/aromatic N) is 4. The van der Waals surface area contributed by atoms with Gasteiger partial charge in [0.15, 0.2) is 0 Å². The maximum Gasteiger partial charge on any atom is 0.333 e. The van der Waals surface area contributed by atoms with Crippen molar-refractivity contribution in [3.05, 3.63) is 85.5 Å². The van der Waals surface area contributed by atoms with Gasteiger partial charge < -0.3 is 0 Å². The molecular formula is C20H18ClFN5O2S+. The molecule has 0 aliphatic heterocycles. The number of rotatable bonds is 5. The minimum Gasteiger partial charge on any atom is -0.264 e. The molecule has 0 radical (unpaired) electrons. The van der Waals surface area contributed by atoms with E-state index in [1.807, 2.05) is 18.2 Å². The molecule has 1 N–H and O–H groups in total. The summed E-state index contributed by atoms with van der Waals surface area (Å²) < 4.78 is 18.5. The van der Waals surface area contributed by atoms with Gasteiger partial charge in [0.25, 0.3) is 11.2 Å². The SMILES string of the molecule is Cn1c(=O)c2c([nH]c(SCc3ccccn3)[n+]2Cc2c(F)cccc2Cl)n(C)c1=O. The monoisotopic (exact) mass is 446 g/mol. The quantitative estimate of drug-likeness (QED) is 0.377. The lowest BCUT2D eigenvalue weighted by molar-refractivity contribution is -0.701. The largest absolute Gasteiger partial charge is 0.333 e. The van der Waals surface area contributed by atoms with Crippen molar-refractivity contribution in [2.75, 3.05) is 0 Å². The highest BCUT2D eigenvalue weighted by atomic mass is 35.5. The molecule has 10 heteroatoms. The van der Waals surface area contributed by atoms with E-state index in [2.05, 4.69) is 9.97 Å². The van der Waals surface area contributed by atoms with Crippen LogP contribution in [0.3, 0.4) is 0 Å². The maximum atomic E-state index is 14.5. The zero-order valence-electron chi connectivity index (χ0n) is 16.2. The van der Waals surface area contributed by atoms with Gasteiger partial charge in [-0.15, -0.1) is 0 Å². The van der Waals surface area contributed by atoms with Gasteiger partial charge in [-0.3, -0.25) is 18.9 Å². The summed E-state index contributed by atoms with van der Waals surface area (Å²) in [6.45, 7) is 0.0313. The molecule has 4 aromatic rings. The molecule has 0 spiro atoms. The topological polar surface area (TPSA) is 76.6 Å². The van der Waals surface area contributed by atoms with Crippen LogP contribution in [0.25, 0.3) is 11.2 Å². The molecule has 3 aromatic heterocycles. The molecule has 30 heavy (non-hydrogen) atoms. The first-order chi connectivity index (χ1) is 14.4. The number of benzene rings is 1. The summed E-state index contributed by atoms with van der Waals surface area (Å²) >= 11 is 7.63. The van der Waals surface area contributed by atoms with E-state index in [1.165, 1.54) is 35.5 Å². The van der Waals surface area contributed by atoms with Gasteiger partial charge >= 0.3 is 16.4 Å². The zero-order chi connectivity index (χ0) is 21.4. The minimum atomic E-state index is -0.471. The van der Waals surface area contributed by atoms with Crippen LogP contribution >= 0.6 is 23.4 Å². The Balaban J connectivity index is 1.90. The fraction of sp³-hybridized carbons (Fsp3) is 0.200. The fourth-order valence-electron chi connectivity index (χ4n) is 3.22. The third-order valence-corrected chi connectivity index (χ3v) is 6.23. The van der Waals surface area contributed by atoms with Crippen molar-refractivity contribution < 1.29 is 8.96 Å². The average molecular weight is 447 g/mol. The summed E-state index contributed by atoms with van der Waals surface area (Å²) in [4.78, 5) is 32.8. The summed E-state index contributed by atoms with van der Waals surface area (Å²) in [6.07, 6.45) is 1.70. The van der Waals surface area contributed by atoms with E-state index in [4.69, 9.17) is 11.6 Å². The molecule has 0 saturated heterocycles. The molecule has 1 aromatic carbocycles. The second-order valence-corrected chi connectivity index (χ2v) is 8.10. The van der Waals surface area contributed by atoms with Crippen molar-refractivity contribution in [3.8, 4) is 0 Å². The second kappa shape index (κ2) is 8.08. The van der Waals surface area contributed by atoms with Crippen molar-refractivity contribution in [2.45, 2.75) is 17.5 Å². The Morgan fingerprint density at radius 1 is 1.17 bits per heavy atom. The number of aromatic amines is 1. The number of imidazole rings is 1. The van der Waals surface area contributed by atoms with Crippen molar-refractivity contribution >= 4 is 34.5 Å². The molecule has 7 nitrogen and oxygen atoms in total. The third-order valence-electron chi connectivity index (χ3n) is 4.84. The van der Waals surface area contributed by atoms with Gasteiger partial charge in [0.1, 0.15) is 12.4 Å². The molecule has 4 rings (SSSR count). The molecule has 0 aliphatic rings. The highest BCUT2D eigenvalue weighted by molar-refractivity contribution is 7.98. The Morgan fingerprint density at radius 2 is 1.97 bits per heavy atom. The summed E-state index contributed by atoms with van der Waals surface area (Å²) in [5, 5.41) is 0.854. The Kier molecular flexibility index (Phi) is 5.48. The molecular weight excluding hydrogens is 429 g/mol. The van der Waals surface area contributed by atoms with E-state index in [9.17, 15) is 14.0 Å². The summed E-state index contributed by atoms with van der Waals surface area (Å²) in [5.74, 6) is 0.0547. The molecule has 0 unspecified atom stereocenters. The molecule has 0 aliphatic carbocycles. The lowest BCUT2D eigenvalue weighted by atomic mass is 10.2.